The third kappa shape index (κ3) is 20.7. The number of benzene rings is 2. The lowest BCUT2D eigenvalue weighted by Gasteiger charge is -2.26. The van der Waals surface area contributed by atoms with Crippen LogP contribution in [-0.2, 0) is 14.4 Å². The summed E-state index contributed by atoms with van der Waals surface area (Å²) in [5.41, 5.74) is -0.568. The smallest absolute Gasteiger partial charge is 0.335 e. The minimum atomic E-state index is -1.33. The molecular formula is C41H62N2O7S2. The lowest BCUT2D eigenvalue weighted by molar-refractivity contribution is -0.125. The summed E-state index contributed by atoms with van der Waals surface area (Å²) in [6.07, 6.45) is 23.1. The van der Waals surface area contributed by atoms with Gasteiger partial charge < -0.3 is 20.8 Å². The molecule has 0 bridgehead atoms. The summed E-state index contributed by atoms with van der Waals surface area (Å²) < 4.78 is -0.826. The molecule has 1 unspecified atom stereocenters. The maximum atomic E-state index is 13.3. The van der Waals surface area contributed by atoms with Crippen LogP contribution in [0.1, 0.15) is 151 Å². The number of carboxylic acids is 2. The normalized spacial score (nSPS) is 11.5. The highest BCUT2D eigenvalue weighted by atomic mass is 32.2. The number of hydrogen-bond acceptors (Lipinski definition) is 7. The van der Waals surface area contributed by atoms with Crippen molar-refractivity contribution in [3.8, 4) is 0 Å². The molecule has 11 heteroatoms. The van der Waals surface area contributed by atoms with Gasteiger partial charge in [-0.05, 0) is 56.4 Å². The highest BCUT2D eigenvalue weighted by Crippen LogP contribution is 2.34. The van der Waals surface area contributed by atoms with Crippen molar-refractivity contribution < 1.29 is 34.2 Å². The Morgan fingerprint density at radius 2 is 1.17 bits per heavy atom. The summed E-state index contributed by atoms with van der Waals surface area (Å²) in [4.78, 5) is 59.8. The first kappa shape index (κ1) is 46.7. The summed E-state index contributed by atoms with van der Waals surface area (Å²) in [7, 11) is 0. The van der Waals surface area contributed by atoms with Gasteiger partial charge in [-0.1, -0.05) is 128 Å². The topological polar surface area (TPSA) is 150 Å². The molecule has 0 radical (unpaired) electrons. The highest BCUT2D eigenvalue weighted by Gasteiger charge is 2.38. The number of amides is 2. The van der Waals surface area contributed by atoms with Crippen molar-refractivity contribution in [2.45, 2.75) is 145 Å². The zero-order valence-corrected chi connectivity index (χ0v) is 33.4. The number of rotatable bonds is 28. The van der Waals surface area contributed by atoms with Gasteiger partial charge in [0.15, 0.2) is 5.78 Å². The standard InChI is InChI=1S/C22H23NO6S2.C19H39NO/c1-4-30-22(2,3)18(24)17(31-16-8-6-5-7-9-16)19(25)23-15-11-13(20(26)27)10-14(12-15)21(28)29;1-2-3-4-5-6-7-8-9-10-11-12-13-14-15-16-17-18-20-19-21/h5-12,17H,4H2,1-3H3,(H,23,25)(H,26,27)(H,28,29);19H,2-18H2,1H3,(H,20,21). The molecule has 2 aromatic carbocycles. The number of anilines is 1. The fourth-order valence-corrected chi connectivity index (χ4v) is 7.81. The average molecular weight is 759 g/mol. The number of thioether (sulfide) groups is 2. The van der Waals surface area contributed by atoms with Gasteiger partial charge in [0.05, 0.1) is 15.9 Å². The largest absolute Gasteiger partial charge is 0.478 e. The molecule has 0 saturated heterocycles. The summed E-state index contributed by atoms with van der Waals surface area (Å²) in [5.74, 6) is -2.91. The van der Waals surface area contributed by atoms with Gasteiger partial charge in [-0.25, -0.2) is 9.59 Å². The van der Waals surface area contributed by atoms with E-state index in [0.717, 1.165) is 54.2 Å². The first-order valence-corrected chi connectivity index (χ1v) is 20.8. The highest BCUT2D eigenvalue weighted by molar-refractivity contribution is 8.03. The third-order valence-electron chi connectivity index (χ3n) is 8.52. The Hall–Kier alpha value is -3.31. The van der Waals surface area contributed by atoms with Crippen molar-refractivity contribution in [2.75, 3.05) is 17.6 Å². The second-order valence-corrected chi connectivity index (χ2v) is 16.5. The van der Waals surface area contributed by atoms with Gasteiger partial charge in [0.25, 0.3) is 0 Å². The molecule has 0 saturated carbocycles. The molecule has 9 nitrogen and oxygen atoms in total. The van der Waals surface area contributed by atoms with Crippen LogP contribution in [-0.4, -0.2) is 62.5 Å². The Labute approximate surface area is 320 Å². The predicted octanol–water partition coefficient (Wildman–Crippen LogP) is 10.3. The van der Waals surface area contributed by atoms with E-state index in [1.807, 2.05) is 13.0 Å². The van der Waals surface area contributed by atoms with Crippen LogP contribution in [0, 0.1) is 0 Å². The number of ketones is 1. The second kappa shape index (κ2) is 28.2. The van der Waals surface area contributed by atoms with Crippen molar-refractivity contribution in [2.24, 2.45) is 0 Å². The molecule has 0 aromatic heterocycles. The Kier molecular flexibility index (Phi) is 25.4. The molecule has 4 N–H and O–H groups in total. The van der Waals surface area contributed by atoms with Crippen molar-refractivity contribution in [1.82, 2.24) is 5.32 Å². The van der Waals surface area contributed by atoms with Crippen LogP contribution in [0.3, 0.4) is 0 Å². The summed E-state index contributed by atoms with van der Waals surface area (Å²) in [6.45, 7) is 8.56. The molecule has 290 valence electrons. The monoisotopic (exact) mass is 758 g/mol. The molecule has 2 amide bonds. The van der Waals surface area contributed by atoms with Crippen LogP contribution in [0.5, 0.6) is 0 Å². The van der Waals surface area contributed by atoms with Crippen LogP contribution in [0.15, 0.2) is 53.4 Å². The number of carboxylic acid groups (broad SMARTS) is 2. The van der Waals surface area contributed by atoms with Crippen LogP contribution in [0.4, 0.5) is 5.69 Å². The van der Waals surface area contributed by atoms with Gasteiger partial charge in [0.1, 0.15) is 5.25 Å². The minimum Gasteiger partial charge on any atom is -0.478 e. The predicted molar refractivity (Wildman–Crippen MR) is 216 cm³/mol. The number of unbranched alkanes of at least 4 members (excludes halogenated alkanes) is 15. The van der Waals surface area contributed by atoms with Gasteiger partial charge in [-0.2, -0.15) is 0 Å². The number of carbonyl (C=O) groups excluding carboxylic acids is 3. The maximum Gasteiger partial charge on any atom is 0.335 e. The zero-order chi connectivity index (χ0) is 38.6. The number of carbonyl (C=O) groups is 5. The summed E-state index contributed by atoms with van der Waals surface area (Å²) >= 11 is 2.51. The molecule has 0 fully saturated rings. The van der Waals surface area contributed by atoms with Crippen molar-refractivity contribution >= 4 is 59.3 Å². The number of hydrogen-bond donors (Lipinski definition) is 4. The zero-order valence-electron chi connectivity index (χ0n) is 31.8. The van der Waals surface area contributed by atoms with E-state index < -0.39 is 27.8 Å². The molecule has 2 rings (SSSR count). The van der Waals surface area contributed by atoms with E-state index in [9.17, 15) is 34.2 Å². The maximum absolute atomic E-state index is 13.3. The van der Waals surface area contributed by atoms with Gasteiger partial charge in [-0.15, -0.1) is 23.5 Å². The quantitative estimate of drug-likeness (QED) is 0.0288. The molecule has 0 spiro atoms. The Balaban J connectivity index is 0.000000564. The van der Waals surface area contributed by atoms with Crippen LogP contribution >= 0.6 is 23.5 Å². The minimum absolute atomic E-state index is 0.00490. The Morgan fingerprint density at radius 3 is 1.60 bits per heavy atom. The van der Waals surface area contributed by atoms with Crippen LogP contribution < -0.4 is 10.6 Å². The molecule has 1 atom stereocenters. The van der Waals surface area contributed by atoms with E-state index in [2.05, 4.69) is 17.6 Å². The molecule has 0 heterocycles. The van der Waals surface area contributed by atoms with E-state index in [4.69, 9.17) is 0 Å². The van der Waals surface area contributed by atoms with Gasteiger partial charge in [-0.3, -0.25) is 14.4 Å². The average Bonchev–Trinajstić information content (AvgIpc) is 3.12. The number of aromatic carboxylic acids is 2. The lowest BCUT2D eigenvalue weighted by atomic mass is 10.0. The molecule has 0 aliphatic heterocycles. The first-order valence-electron chi connectivity index (χ1n) is 19.0. The molecule has 2 aromatic rings. The molecule has 52 heavy (non-hydrogen) atoms. The fourth-order valence-electron chi connectivity index (χ4n) is 5.60. The molecule has 0 aliphatic rings. The Bertz CT molecular complexity index is 1310. The van der Waals surface area contributed by atoms with Gasteiger partial charge in [0, 0.05) is 17.1 Å². The summed E-state index contributed by atoms with van der Waals surface area (Å²) in [6, 6.07) is 12.3. The van der Waals surface area contributed by atoms with E-state index in [0.29, 0.717) is 5.75 Å². The number of Topliss-reactive ketones (excluding diaryl/α,β-unsaturated/α-hetero) is 1. The van der Waals surface area contributed by atoms with E-state index in [-0.39, 0.29) is 22.6 Å². The van der Waals surface area contributed by atoms with E-state index in [1.165, 1.54) is 108 Å². The van der Waals surface area contributed by atoms with Crippen molar-refractivity contribution in [1.29, 1.82) is 0 Å². The van der Waals surface area contributed by atoms with Gasteiger partial charge in [0.2, 0.25) is 12.3 Å². The molecular weight excluding hydrogens is 697 g/mol. The first-order chi connectivity index (χ1) is 25.0. The Morgan fingerprint density at radius 1 is 0.712 bits per heavy atom. The summed E-state index contributed by atoms with van der Waals surface area (Å²) in [5, 5.41) is 22.6. The van der Waals surface area contributed by atoms with Crippen molar-refractivity contribution in [3.63, 3.8) is 0 Å². The third-order valence-corrected chi connectivity index (χ3v) is 10.9. The van der Waals surface area contributed by atoms with E-state index in [1.54, 1.807) is 38.1 Å². The van der Waals surface area contributed by atoms with Crippen molar-refractivity contribution in [3.05, 3.63) is 59.7 Å². The van der Waals surface area contributed by atoms with E-state index >= 15 is 0 Å². The van der Waals surface area contributed by atoms with Gasteiger partial charge >= 0.3 is 11.9 Å². The number of nitrogens with one attached hydrogen (secondary N) is 2. The van der Waals surface area contributed by atoms with Crippen LogP contribution in [0.2, 0.25) is 0 Å². The lowest BCUT2D eigenvalue weighted by Crippen LogP contribution is -2.42. The SMILES string of the molecule is CCCCCCCCCCCCCCCCCCNC=O.CCSC(C)(C)C(=O)C(Sc1ccccc1)C(=O)Nc1cc(C(=O)O)cc(C(=O)O)c1. The van der Waals surface area contributed by atoms with Crippen LogP contribution in [0.25, 0.3) is 0 Å². The molecule has 0 aliphatic carbocycles. The fraction of sp³-hybridized carbons (Fsp3) is 0.585. The second-order valence-electron chi connectivity index (χ2n) is 13.4.